The summed E-state index contributed by atoms with van der Waals surface area (Å²) in [5, 5.41) is 0. The van der Waals surface area contributed by atoms with Crippen molar-refractivity contribution in [2.45, 2.75) is 19.8 Å². The SMILES string of the molecule is Cc1ccccc1OCC1CCN(C(=O)c2ccncc2)CC1. The van der Waals surface area contributed by atoms with Gasteiger partial charge >= 0.3 is 0 Å². The number of para-hydroxylation sites is 1. The van der Waals surface area contributed by atoms with Crippen LogP contribution in [0.3, 0.4) is 0 Å². The maximum absolute atomic E-state index is 12.4. The molecule has 2 heterocycles. The molecule has 1 aliphatic rings. The van der Waals surface area contributed by atoms with Crippen molar-refractivity contribution >= 4 is 5.91 Å². The number of rotatable bonds is 4. The highest BCUT2D eigenvalue weighted by Crippen LogP contribution is 2.22. The van der Waals surface area contributed by atoms with Gasteiger partial charge in [0.2, 0.25) is 0 Å². The van der Waals surface area contributed by atoms with Gasteiger partial charge in [-0.2, -0.15) is 0 Å². The van der Waals surface area contributed by atoms with E-state index in [1.54, 1.807) is 24.5 Å². The Morgan fingerprint density at radius 3 is 2.57 bits per heavy atom. The summed E-state index contributed by atoms with van der Waals surface area (Å²) in [4.78, 5) is 18.3. The highest BCUT2D eigenvalue weighted by molar-refractivity contribution is 5.94. The van der Waals surface area contributed by atoms with Crippen LogP contribution >= 0.6 is 0 Å². The molecule has 23 heavy (non-hydrogen) atoms. The maximum Gasteiger partial charge on any atom is 0.253 e. The van der Waals surface area contributed by atoms with Crippen LogP contribution in [0.5, 0.6) is 5.75 Å². The molecule has 4 nitrogen and oxygen atoms in total. The highest BCUT2D eigenvalue weighted by atomic mass is 16.5. The molecule has 1 saturated heterocycles. The molecule has 0 bridgehead atoms. The van der Waals surface area contributed by atoms with E-state index in [4.69, 9.17) is 4.74 Å². The molecule has 0 N–H and O–H groups in total. The van der Waals surface area contributed by atoms with Gasteiger partial charge in [-0.3, -0.25) is 9.78 Å². The summed E-state index contributed by atoms with van der Waals surface area (Å²) in [7, 11) is 0. The molecule has 1 aromatic heterocycles. The third-order valence-corrected chi connectivity index (χ3v) is 4.40. The predicted molar refractivity (Wildman–Crippen MR) is 89.5 cm³/mol. The summed E-state index contributed by atoms with van der Waals surface area (Å²) in [5.41, 5.74) is 1.88. The number of aromatic nitrogens is 1. The molecular weight excluding hydrogens is 288 g/mol. The minimum atomic E-state index is 0.102. The Morgan fingerprint density at radius 2 is 1.87 bits per heavy atom. The summed E-state index contributed by atoms with van der Waals surface area (Å²) in [6, 6.07) is 11.6. The number of pyridine rings is 1. The van der Waals surface area contributed by atoms with Crippen LogP contribution in [0.25, 0.3) is 0 Å². The molecule has 0 atom stereocenters. The van der Waals surface area contributed by atoms with Crippen LogP contribution < -0.4 is 4.74 Å². The number of nitrogens with zero attached hydrogens (tertiary/aromatic N) is 2. The van der Waals surface area contributed by atoms with Crippen LogP contribution in [0.4, 0.5) is 0 Å². The summed E-state index contributed by atoms with van der Waals surface area (Å²) >= 11 is 0. The van der Waals surface area contributed by atoms with Crippen molar-refractivity contribution in [1.29, 1.82) is 0 Å². The van der Waals surface area contributed by atoms with Crippen LogP contribution in [-0.2, 0) is 0 Å². The Morgan fingerprint density at radius 1 is 1.17 bits per heavy atom. The lowest BCUT2D eigenvalue weighted by Gasteiger charge is -2.32. The zero-order valence-electron chi connectivity index (χ0n) is 13.4. The molecule has 0 aliphatic carbocycles. The van der Waals surface area contributed by atoms with Gasteiger partial charge in [-0.15, -0.1) is 0 Å². The Balaban J connectivity index is 1.49. The van der Waals surface area contributed by atoms with E-state index >= 15 is 0 Å². The Hall–Kier alpha value is -2.36. The van der Waals surface area contributed by atoms with Gasteiger partial charge in [0, 0.05) is 31.0 Å². The first-order chi connectivity index (χ1) is 11.2. The third kappa shape index (κ3) is 3.89. The molecule has 0 spiro atoms. The Kier molecular flexibility index (Phi) is 4.91. The number of benzene rings is 1. The minimum Gasteiger partial charge on any atom is -0.493 e. The van der Waals surface area contributed by atoms with E-state index in [-0.39, 0.29) is 5.91 Å². The summed E-state index contributed by atoms with van der Waals surface area (Å²) in [6.45, 7) is 4.37. The Bertz CT molecular complexity index is 649. The second-order valence-corrected chi connectivity index (χ2v) is 6.05. The second-order valence-electron chi connectivity index (χ2n) is 6.05. The van der Waals surface area contributed by atoms with Crippen LogP contribution in [0.1, 0.15) is 28.8 Å². The van der Waals surface area contributed by atoms with Gasteiger partial charge in [0.1, 0.15) is 5.75 Å². The van der Waals surface area contributed by atoms with Gasteiger partial charge in [-0.25, -0.2) is 0 Å². The van der Waals surface area contributed by atoms with Crippen molar-refractivity contribution in [3.05, 3.63) is 59.9 Å². The molecule has 0 saturated carbocycles. The van der Waals surface area contributed by atoms with Crippen molar-refractivity contribution in [2.75, 3.05) is 19.7 Å². The largest absolute Gasteiger partial charge is 0.493 e. The van der Waals surface area contributed by atoms with Crippen molar-refractivity contribution in [3.63, 3.8) is 0 Å². The molecule has 120 valence electrons. The molecule has 0 unspecified atom stereocenters. The number of carbonyl (C=O) groups excluding carboxylic acids is 1. The van der Waals surface area contributed by atoms with Crippen molar-refractivity contribution in [3.8, 4) is 5.75 Å². The quantitative estimate of drug-likeness (QED) is 0.870. The number of ether oxygens (including phenoxy) is 1. The fourth-order valence-corrected chi connectivity index (χ4v) is 2.91. The molecule has 4 heteroatoms. The smallest absolute Gasteiger partial charge is 0.253 e. The molecular formula is C19H22N2O2. The first-order valence-corrected chi connectivity index (χ1v) is 8.12. The van der Waals surface area contributed by atoms with Gasteiger partial charge in [-0.05, 0) is 49.4 Å². The van der Waals surface area contributed by atoms with Gasteiger partial charge in [0.05, 0.1) is 6.61 Å². The van der Waals surface area contributed by atoms with E-state index < -0.39 is 0 Å². The van der Waals surface area contributed by atoms with Crippen LogP contribution in [0, 0.1) is 12.8 Å². The van der Waals surface area contributed by atoms with Crippen LogP contribution in [-0.4, -0.2) is 35.5 Å². The first kappa shape index (κ1) is 15.5. The van der Waals surface area contributed by atoms with Gasteiger partial charge in [0.15, 0.2) is 0 Å². The highest BCUT2D eigenvalue weighted by Gasteiger charge is 2.24. The fraction of sp³-hybridized carbons (Fsp3) is 0.368. The van der Waals surface area contributed by atoms with Crippen molar-refractivity contribution < 1.29 is 9.53 Å². The molecule has 0 radical (unpaired) electrons. The van der Waals surface area contributed by atoms with Crippen molar-refractivity contribution in [1.82, 2.24) is 9.88 Å². The van der Waals surface area contributed by atoms with Crippen molar-refractivity contribution in [2.24, 2.45) is 5.92 Å². The molecule has 1 aliphatic heterocycles. The van der Waals surface area contributed by atoms with Gasteiger partial charge < -0.3 is 9.64 Å². The lowest BCUT2D eigenvalue weighted by Crippen LogP contribution is -2.39. The van der Waals surface area contributed by atoms with E-state index in [1.807, 2.05) is 23.1 Å². The second kappa shape index (κ2) is 7.27. The van der Waals surface area contributed by atoms with Gasteiger partial charge in [0.25, 0.3) is 5.91 Å². The van der Waals surface area contributed by atoms with Crippen LogP contribution in [0.15, 0.2) is 48.8 Å². The Labute approximate surface area is 137 Å². The molecule has 1 fully saturated rings. The number of hydrogen-bond donors (Lipinski definition) is 0. The normalized spacial score (nSPS) is 15.4. The number of hydrogen-bond acceptors (Lipinski definition) is 3. The average molecular weight is 310 g/mol. The van der Waals surface area contributed by atoms with Crippen LogP contribution in [0.2, 0.25) is 0 Å². The molecule has 2 aromatic rings. The molecule has 3 rings (SSSR count). The lowest BCUT2D eigenvalue weighted by molar-refractivity contribution is 0.0661. The molecule has 1 aromatic carbocycles. The van der Waals surface area contributed by atoms with E-state index in [9.17, 15) is 4.79 Å². The maximum atomic E-state index is 12.4. The standard InChI is InChI=1S/C19H22N2O2/c1-15-4-2-3-5-18(15)23-14-16-8-12-21(13-9-16)19(22)17-6-10-20-11-7-17/h2-7,10-11,16H,8-9,12-14H2,1H3. The minimum absolute atomic E-state index is 0.102. The number of amides is 1. The zero-order valence-corrected chi connectivity index (χ0v) is 13.4. The van der Waals surface area contributed by atoms with E-state index in [2.05, 4.69) is 18.0 Å². The first-order valence-electron chi connectivity index (χ1n) is 8.12. The predicted octanol–water partition coefficient (Wildman–Crippen LogP) is 3.32. The third-order valence-electron chi connectivity index (χ3n) is 4.40. The summed E-state index contributed by atoms with van der Waals surface area (Å²) in [5.74, 6) is 1.57. The number of aryl methyl sites for hydroxylation is 1. The number of piperidine rings is 1. The summed E-state index contributed by atoms with van der Waals surface area (Å²) < 4.78 is 5.94. The van der Waals surface area contributed by atoms with E-state index in [1.165, 1.54) is 0 Å². The van der Waals surface area contributed by atoms with E-state index in [0.29, 0.717) is 5.92 Å². The molecule has 1 amide bonds. The topological polar surface area (TPSA) is 42.4 Å². The summed E-state index contributed by atoms with van der Waals surface area (Å²) in [6.07, 6.45) is 5.30. The monoisotopic (exact) mass is 310 g/mol. The zero-order chi connectivity index (χ0) is 16.1. The number of likely N-dealkylation sites (tertiary alicyclic amines) is 1. The average Bonchev–Trinajstić information content (AvgIpc) is 2.62. The number of carbonyl (C=O) groups is 1. The van der Waals surface area contributed by atoms with Gasteiger partial charge in [-0.1, -0.05) is 18.2 Å². The lowest BCUT2D eigenvalue weighted by atomic mass is 9.97. The van der Waals surface area contributed by atoms with E-state index in [0.717, 1.165) is 49.4 Å². The fourth-order valence-electron chi connectivity index (χ4n) is 2.91.